The van der Waals surface area contributed by atoms with Gasteiger partial charge < -0.3 is 10.2 Å². The Kier molecular flexibility index (Phi) is 9.12. The minimum absolute atomic E-state index is 0.0445. The number of carbonyl (C=O) groups excluding carboxylic acids is 2. The number of likely N-dealkylation sites (tertiary alicyclic amines) is 2. The lowest BCUT2D eigenvalue weighted by molar-refractivity contribution is -0.130. The maximum absolute atomic E-state index is 13.4. The van der Waals surface area contributed by atoms with Crippen LogP contribution in [-0.2, 0) is 11.2 Å². The molecule has 1 atom stereocenters. The summed E-state index contributed by atoms with van der Waals surface area (Å²) in [5, 5.41) is 2.92. The molecule has 0 bridgehead atoms. The van der Waals surface area contributed by atoms with Crippen LogP contribution in [-0.4, -0.2) is 67.1 Å². The lowest BCUT2D eigenvalue weighted by Gasteiger charge is -2.34. The molecule has 9 heteroatoms. The summed E-state index contributed by atoms with van der Waals surface area (Å²) in [4.78, 5) is 44.9. The van der Waals surface area contributed by atoms with Crippen LogP contribution in [0.1, 0.15) is 78.9 Å². The predicted molar refractivity (Wildman–Crippen MR) is 172 cm³/mol. The molecule has 2 aliphatic rings. The molecule has 1 N–H and O–H groups in total. The maximum atomic E-state index is 13.4. The Balaban J connectivity index is 1.25. The molecule has 5 heterocycles. The fraction of sp³-hybridized carbons (Fsp3) is 0.400. The zero-order valence-electron chi connectivity index (χ0n) is 25.7. The van der Waals surface area contributed by atoms with Gasteiger partial charge in [-0.3, -0.25) is 23.9 Å². The Morgan fingerprint density at radius 3 is 2.59 bits per heavy atom. The van der Waals surface area contributed by atoms with Crippen molar-refractivity contribution in [2.45, 2.75) is 64.8 Å². The van der Waals surface area contributed by atoms with Crippen molar-refractivity contribution in [3.63, 3.8) is 0 Å². The predicted octanol–water partition coefficient (Wildman–Crippen LogP) is 6.01. The molecule has 0 saturated carbocycles. The summed E-state index contributed by atoms with van der Waals surface area (Å²) in [6, 6.07) is 11.3. The molecule has 6 rings (SSSR count). The van der Waals surface area contributed by atoms with E-state index in [4.69, 9.17) is 4.98 Å². The Morgan fingerprint density at radius 2 is 1.80 bits per heavy atom. The van der Waals surface area contributed by atoms with Crippen molar-refractivity contribution in [3.05, 3.63) is 89.8 Å². The van der Waals surface area contributed by atoms with E-state index in [1.165, 1.54) is 12.8 Å². The molecule has 2 fully saturated rings. The molecule has 0 aliphatic carbocycles. The molecule has 4 aromatic rings. The zero-order chi connectivity index (χ0) is 30.5. The van der Waals surface area contributed by atoms with Crippen molar-refractivity contribution < 1.29 is 9.59 Å². The number of amides is 2. The smallest absolute Gasteiger partial charge is 0.256 e. The van der Waals surface area contributed by atoms with E-state index in [0.717, 1.165) is 85.6 Å². The van der Waals surface area contributed by atoms with E-state index in [9.17, 15) is 9.59 Å². The van der Waals surface area contributed by atoms with Crippen molar-refractivity contribution in [1.82, 2.24) is 29.2 Å². The molecule has 0 spiro atoms. The lowest BCUT2D eigenvalue weighted by Crippen LogP contribution is -2.38. The normalized spacial score (nSPS) is 17.5. The molecule has 2 aliphatic heterocycles. The highest BCUT2D eigenvalue weighted by molar-refractivity contribution is 6.04. The number of pyridine rings is 1. The number of nitrogens with zero attached hydrogens (tertiary/aromatic N) is 6. The van der Waals surface area contributed by atoms with E-state index in [1.54, 1.807) is 18.5 Å². The number of piperidine rings is 1. The van der Waals surface area contributed by atoms with Gasteiger partial charge in [0.15, 0.2) is 0 Å². The van der Waals surface area contributed by atoms with Crippen LogP contribution in [0.25, 0.3) is 16.8 Å². The number of carbonyl (C=O) groups is 2. The Labute approximate surface area is 259 Å². The fourth-order valence-electron chi connectivity index (χ4n) is 6.44. The minimum atomic E-state index is -0.208. The first-order chi connectivity index (χ1) is 21.5. The van der Waals surface area contributed by atoms with Gasteiger partial charge >= 0.3 is 0 Å². The van der Waals surface area contributed by atoms with Gasteiger partial charge in [0, 0.05) is 48.9 Å². The number of hydrogen-bond acceptors (Lipinski definition) is 6. The van der Waals surface area contributed by atoms with Gasteiger partial charge in [-0.2, -0.15) is 0 Å². The van der Waals surface area contributed by atoms with Gasteiger partial charge in [-0.15, -0.1) is 0 Å². The van der Waals surface area contributed by atoms with Gasteiger partial charge in [-0.1, -0.05) is 31.6 Å². The number of nitrogens with one attached hydrogen (secondary N) is 1. The van der Waals surface area contributed by atoms with Crippen molar-refractivity contribution in [2.24, 2.45) is 0 Å². The largest absolute Gasteiger partial charge is 0.329 e. The van der Waals surface area contributed by atoms with Crippen molar-refractivity contribution in [1.29, 1.82) is 0 Å². The molecule has 0 unspecified atom stereocenters. The van der Waals surface area contributed by atoms with Gasteiger partial charge in [0.1, 0.15) is 11.6 Å². The Bertz CT molecular complexity index is 1650. The second-order valence-electron chi connectivity index (χ2n) is 11.8. The fourth-order valence-corrected chi connectivity index (χ4v) is 6.44. The van der Waals surface area contributed by atoms with Crippen LogP contribution in [0.2, 0.25) is 0 Å². The SMILES string of the molecule is CCCc1ccnc(NC(=O)c2ccc(-c3nc([C@@H]4CCCCN4C(=O)/C=C/CN4CCCC4)n4ccnc(C)c34)cc2)c1. The van der Waals surface area contributed by atoms with Crippen LogP contribution < -0.4 is 5.32 Å². The molecule has 3 aromatic heterocycles. The van der Waals surface area contributed by atoms with E-state index in [1.807, 2.05) is 60.5 Å². The van der Waals surface area contributed by atoms with Crippen molar-refractivity contribution >= 4 is 23.1 Å². The summed E-state index contributed by atoms with van der Waals surface area (Å²) in [5.74, 6) is 1.23. The third-order valence-electron chi connectivity index (χ3n) is 8.70. The molecule has 9 nitrogen and oxygen atoms in total. The van der Waals surface area contributed by atoms with E-state index >= 15 is 0 Å². The lowest BCUT2D eigenvalue weighted by atomic mass is 10.0. The van der Waals surface area contributed by atoms with Gasteiger partial charge in [0.2, 0.25) is 5.91 Å². The Hall–Kier alpha value is -4.37. The Morgan fingerprint density at radius 1 is 1.00 bits per heavy atom. The average molecular weight is 592 g/mol. The van der Waals surface area contributed by atoms with Crippen molar-refractivity contribution in [2.75, 3.05) is 31.5 Å². The number of fused-ring (bicyclic) bond motifs is 1. The molecule has 1 aromatic carbocycles. The van der Waals surface area contributed by atoms with Crippen molar-refractivity contribution in [3.8, 4) is 11.3 Å². The number of benzene rings is 1. The van der Waals surface area contributed by atoms with E-state index in [0.29, 0.717) is 17.9 Å². The van der Waals surface area contributed by atoms with E-state index in [-0.39, 0.29) is 17.9 Å². The van der Waals surface area contributed by atoms with Crippen LogP contribution in [0, 0.1) is 6.92 Å². The highest BCUT2D eigenvalue weighted by Gasteiger charge is 2.31. The first-order valence-electron chi connectivity index (χ1n) is 15.9. The highest BCUT2D eigenvalue weighted by Crippen LogP contribution is 2.35. The van der Waals surface area contributed by atoms with E-state index in [2.05, 4.69) is 31.5 Å². The average Bonchev–Trinajstić information content (AvgIpc) is 3.70. The standard InChI is InChI=1S/C35H41N7O2/c1-3-9-26-16-17-37-30(24-26)38-35(44)28-14-12-27(13-15-28)32-33-25(2)36-18-23-42(33)34(39-32)29-10-4-5-22-41(29)31(43)11-8-21-40-19-6-7-20-40/h8,11-18,23-24,29H,3-7,9-10,19-22H2,1-2H3,(H,37,38,44)/b11-8+/t29-/m0/s1. The second-order valence-corrected chi connectivity index (χ2v) is 11.8. The molecule has 0 radical (unpaired) electrons. The number of hydrogen-bond donors (Lipinski definition) is 1. The monoisotopic (exact) mass is 591 g/mol. The van der Waals surface area contributed by atoms with Crippen LogP contribution in [0.5, 0.6) is 0 Å². The minimum Gasteiger partial charge on any atom is -0.329 e. The van der Waals surface area contributed by atoms with Gasteiger partial charge in [-0.05, 0) is 88.4 Å². The summed E-state index contributed by atoms with van der Waals surface area (Å²) >= 11 is 0. The third-order valence-corrected chi connectivity index (χ3v) is 8.70. The van der Waals surface area contributed by atoms with Crippen LogP contribution >= 0.6 is 0 Å². The van der Waals surface area contributed by atoms with E-state index < -0.39 is 0 Å². The molecule has 228 valence electrons. The summed E-state index contributed by atoms with van der Waals surface area (Å²) in [7, 11) is 0. The maximum Gasteiger partial charge on any atom is 0.256 e. The molecule has 44 heavy (non-hydrogen) atoms. The second kappa shape index (κ2) is 13.5. The molecule has 2 saturated heterocycles. The molecular formula is C35H41N7O2. The highest BCUT2D eigenvalue weighted by atomic mass is 16.2. The van der Waals surface area contributed by atoms with Crippen LogP contribution in [0.3, 0.4) is 0 Å². The summed E-state index contributed by atoms with van der Waals surface area (Å²) < 4.78 is 2.09. The van der Waals surface area contributed by atoms with Crippen LogP contribution in [0.4, 0.5) is 5.82 Å². The number of imidazole rings is 1. The topological polar surface area (TPSA) is 95.7 Å². The number of aryl methyl sites for hydroxylation is 2. The summed E-state index contributed by atoms with van der Waals surface area (Å²) in [5.41, 5.74) is 5.16. The van der Waals surface area contributed by atoms with Gasteiger partial charge in [-0.25, -0.2) is 9.97 Å². The first kappa shape index (κ1) is 29.7. The zero-order valence-corrected chi connectivity index (χ0v) is 25.7. The summed E-state index contributed by atoms with van der Waals surface area (Å²) in [6.45, 7) is 7.86. The number of aromatic nitrogens is 4. The third kappa shape index (κ3) is 6.43. The summed E-state index contributed by atoms with van der Waals surface area (Å²) in [6.07, 6.45) is 16.6. The number of anilines is 1. The molecular weight excluding hydrogens is 550 g/mol. The number of rotatable bonds is 9. The quantitative estimate of drug-likeness (QED) is 0.240. The first-order valence-corrected chi connectivity index (χ1v) is 15.9. The van der Waals surface area contributed by atoms with Gasteiger partial charge in [0.25, 0.3) is 5.91 Å². The molecule has 2 amide bonds. The van der Waals surface area contributed by atoms with Gasteiger partial charge in [0.05, 0.1) is 22.9 Å². The van der Waals surface area contributed by atoms with Crippen LogP contribution in [0.15, 0.2) is 67.1 Å².